The molecule has 0 atom stereocenters. The predicted molar refractivity (Wildman–Crippen MR) is 152 cm³/mol. The molecule has 2 heterocycles. The number of phenols is 1. The lowest BCUT2D eigenvalue weighted by Gasteiger charge is -2.27. The summed E-state index contributed by atoms with van der Waals surface area (Å²) >= 11 is 9.65. The first-order valence-corrected chi connectivity index (χ1v) is 13.9. The molecule has 202 valence electrons. The highest BCUT2D eigenvalue weighted by atomic mass is 79.9. The molecular weight excluding hydrogens is 572 g/mol. The van der Waals surface area contributed by atoms with Gasteiger partial charge in [-0.3, -0.25) is 4.90 Å². The van der Waals surface area contributed by atoms with Gasteiger partial charge in [-0.25, -0.2) is 4.79 Å². The molecule has 0 radical (unpaired) electrons. The summed E-state index contributed by atoms with van der Waals surface area (Å²) in [7, 11) is 3.16. The van der Waals surface area contributed by atoms with Crippen LogP contribution in [0.15, 0.2) is 28.7 Å². The second kappa shape index (κ2) is 11.2. The van der Waals surface area contributed by atoms with Crippen LogP contribution in [0, 0.1) is 0 Å². The zero-order chi connectivity index (χ0) is 27.0. The van der Waals surface area contributed by atoms with Crippen molar-refractivity contribution in [2.45, 2.75) is 32.4 Å². The Labute approximate surface area is 235 Å². The average molecular weight is 604 g/mol. The standard InChI is InChI=1S/C28H31BrN2O6S/c1-4-37-28(33)24-23-18(15-30-9-11-36-12-10-30)26(32)19(29)14-20(23)31(17-6-7-17)25(24)27(38)16-5-8-21(34-2)22(13-16)35-3/h5,8,13-14,17,32H,4,6-7,9-12,15H2,1-3H3. The third kappa shape index (κ3) is 4.90. The van der Waals surface area contributed by atoms with Gasteiger partial charge in [-0.1, -0.05) is 12.2 Å². The van der Waals surface area contributed by atoms with Gasteiger partial charge in [0.1, 0.15) is 5.75 Å². The van der Waals surface area contributed by atoms with Gasteiger partial charge in [-0.2, -0.15) is 0 Å². The quantitative estimate of drug-likeness (QED) is 0.202. The number of halogens is 1. The Hall–Kier alpha value is -2.66. The number of aromatic hydroxyl groups is 1. The van der Waals surface area contributed by atoms with E-state index in [4.69, 9.17) is 31.2 Å². The van der Waals surface area contributed by atoms with Gasteiger partial charge in [0.05, 0.1) is 60.2 Å². The number of methoxy groups -OCH3 is 2. The van der Waals surface area contributed by atoms with Gasteiger partial charge >= 0.3 is 5.97 Å². The van der Waals surface area contributed by atoms with Crippen molar-refractivity contribution in [2.75, 3.05) is 47.1 Å². The lowest BCUT2D eigenvalue weighted by molar-refractivity contribution is 0.0340. The predicted octanol–water partition coefficient (Wildman–Crippen LogP) is 5.24. The molecule has 38 heavy (non-hydrogen) atoms. The summed E-state index contributed by atoms with van der Waals surface area (Å²) in [5, 5.41) is 11.9. The molecule has 0 unspecified atom stereocenters. The van der Waals surface area contributed by atoms with Crippen LogP contribution in [0.25, 0.3) is 10.9 Å². The highest BCUT2D eigenvalue weighted by molar-refractivity contribution is 9.10. The molecule has 0 amide bonds. The maximum absolute atomic E-state index is 13.7. The topological polar surface area (TPSA) is 82.4 Å². The molecule has 1 aromatic heterocycles. The highest BCUT2D eigenvalue weighted by Gasteiger charge is 2.36. The Balaban J connectivity index is 1.78. The molecular formula is C28H31BrN2O6S. The maximum Gasteiger partial charge on any atom is 0.341 e. The molecule has 1 aliphatic carbocycles. The summed E-state index contributed by atoms with van der Waals surface area (Å²) in [5.41, 5.74) is 3.27. The fourth-order valence-electron chi connectivity index (χ4n) is 5.09. The number of thiocarbonyl (C=S) groups is 1. The number of ether oxygens (including phenoxy) is 4. The number of phenolic OH excluding ortho intramolecular Hbond substituents is 1. The molecule has 10 heteroatoms. The normalized spacial score (nSPS) is 16.0. The third-order valence-electron chi connectivity index (χ3n) is 7.06. The summed E-state index contributed by atoms with van der Waals surface area (Å²) < 4.78 is 24.8. The number of benzene rings is 2. The number of esters is 1. The SMILES string of the molecule is CCOC(=O)c1c(C(=S)c2ccc(OC)c(OC)c2)n(C2CC2)c2cc(Br)c(O)c(CN3CCOCC3)c12. The second-order valence-corrected chi connectivity index (χ2v) is 10.7. The zero-order valence-corrected chi connectivity index (χ0v) is 24.1. The third-order valence-corrected chi connectivity index (χ3v) is 8.09. The summed E-state index contributed by atoms with van der Waals surface area (Å²) in [6.07, 6.45) is 1.95. The molecule has 0 bridgehead atoms. The van der Waals surface area contributed by atoms with Crippen LogP contribution in [0.1, 0.15) is 53.0 Å². The monoisotopic (exact) mass is 602 g/mol. The van der Waals surface area contributed by atoms with Crippen molar-refractivity contribution in [1.82, 2.24) is 9.47 Å². The molecule has 1 saturated heterocycles. The maximum atomic E-state index is 13.7. The summed E-state index contributed by atoms with van der Waals surface area (Å²) in [5.74, 6) is 0.798. The van der Waals surface area contributed by atoms with Gasteiger partial charge < -0.3 is 28.6 Å². The van der Waals surface area contributed by atoms with Crippen molar-refractivity contribution in [1.29, 1.82) is 0 Å². The molecule has 2 fully saturated rings. The molecule has 0 spiro atoms. The van der Waals surface area contributed by atoms with E-state index in [0.717, 1.165) is 37.0 Å². The molecule has 1 aliphatic heterocycles. The number of carbonyl (C=O) groups is 1. The average Bonchev–Trinajstić information content (AvgIpc) is 3.72. The fraction of sp³-hybridized carbons (Fsp3) is 0.429. The largest absolute Gasteiger partial charge is 0.506 e. The lowest BCUT2D eigenvalue weighted by Crippen LogP contribution is -2.35. The minimum Gasteiger partial charge on any atom is -0.506 e. The first-order valence-electron chi connectivity index (χ1n) is 12.7. The smallest absolute Gasteiger partial charge is 0.341 e. The van der Waals surface area contributed by atoms with E-state index in [9.17, 15) is 9.90 Å². The van der Waals surface area contributed by atoms with Crippen LogP contribution in [0.5, 0.6) is 17.2 Å². The molecule has 2 aliphatic rings. The minimum atomic E-state index is -0.459. The summed E-state index contributed by atoms with van der Waals surface area (Å²) in [4.78, 5) is 16.4. The van der Waals surface area contributed by atoms with Crippen molar-refractivity contribution >= 4 is 49.9 Å². The van der Waals surface area contributed by atoms with Crippen LogP contribution in [-0.4, -0.2) is 72.5 Å². The first kappa shape index (κ1) is 26.9. The van der Waals surface area contributed by atoms with Crippen molar-refractivity contribution in [2.24, 2.45) is 0 Å². The molecule has 2 aromatic carbocycles. The number of aromatic nitrogens is 1. The van der Waals surface area contributed by atoms with Gasteiger partial charge in [0.25, 0.3) is 0 Å². The summed E-state index contributed by atoms with van der Waals surface area (Å²) in [6, 6.07) is 7.58. The minimum absolute atomic E-state index is 0.117. The Bertz CT molecular complexity index is 1390. The number of fused-ring (bicyclic) bond motifs is 1. The van der Waals surface area contributed by atoms with Gasteiger partial charge in [0.15, 0.2) is 11.5 Å². The molecule has 8 nitrogen and oxygen atoms in total. The molecule has 1 saturated carbocycles. The fourth-order valence-corrected chi connectivity index (χ4v) is 5.88. The van der Waals surface area contributed by atoms with Gasteiger partial charge in [0.2, 0.25) is 0 Å². The number of hydrogen-bond acceptors (Lipinski definition) is 8. The van der Waals surface area contributed by atoms with Crippen LogP contribution in [0.2, 0.25) is 0 Å². The van der Waals surface area contributed by atoms with Crippen molar-refractivity contribution in [3.05, 3.63) is 51.1 Å². The van der Waals surface area contributed by atoms with E-state index in [1.807, 2.05) is 18.2 Å². The van der Waals surface area contributed by atoms with Gasteiger partial charge in [-0.15, -0.1) is 0 Å². The van der Waals surface area contributed by atoms with E-state index in [2.05, 4.69) is 25.4 Å². The van der Waals surface area contributed by atoms with Crippen LogP contribution in [0.4, 0.5) is 0 Å². The number of hydrogen-bond donors (Lipinski definition) is 1. The number of nitrogens with zero attached hydrogens (tertiary/aromatic N) is 2. The molecule has 3 aromatic rings. The number of morpholine rings is 1. The highest BCUT2D eigenvalue weighted by Crippen LogP contribution is 2.47. The van der Waals surface area contributed by atoms with E-state index in [1.54, 1.807) is 27.2 Å². The zero-order valence-electron chi connectivity index (χ0n) is 21.7. The molecule has 5 rings (SSSR count). The van der Waals surface area contributed by atoms with E-state index >= 15 is 0 Å². The lowest BCUT2D eigenvalue weighted by atomic mass is 10.00. The number of rotatable bonds is 9. The first-order chi connectivity index (χ1) is 18.4. The Kier molecular flexibility index (Phi) is 7.95. The Morgan fingerprint density at radius 1 is 1.16 bits per heavy atom. The van der Waals surface area contributed by atoms with Crippen molar-refractivity contribution in [3.8, 4) is 17.2 Å². The van der Waals surface area contributed by atoms with E-state index in [0.29, 0.717) is 62.8 Å². The van der Waals surface area contributed by atoms with Crippen LogP contribution >= 0.6 is 28.1 Å². The van der Waals surface area contributed by atoms with Crippen LogP contribution in [0.3, 0.4) is 0 Å². The van der Waals surface area contributed by atoms with Gasteiger partial charge in [-0.05, 0) is 65.5 Å². The second-order valence-electron chi connectivity index (χ2n) is 9.41. The Morgan fingerprint density at radius 2 is 1.87 bits per heavy atom. The van der Waals surface area contributed by atoms with Crippen molar-refractivity contribution in [3.63, 3.8) is 0 Å². The van der Waals surface area contributed by atoms with Crippen LogP contribution < -0.4 is 9.47 Å². The van der Waals surface area contributed by atoms with E-state index in [1.165, 1.54) is 0 Å². The van der Waals surface area contributed by atoms with E-state index in [-0.39, 0.29) is 18.4 Å². The van der Waals surface area contributed by atoms with Gasteiger partial charge in [0, 0.05) is 36.6 Å². The van der Waals surface area contributed by atoms with Crippen LogP contribution in [-0.2, 0) is 16.0 Å². The van der Waals surface area contributed by atoms with E-state index < -0.39 is 5.97 Å². The van der Waals surface area contributed by atoms with Crippen molar-refractivity contribution < 1.29 is 28.8 Å². The number of carbonyl (C=O) groups excluding carboxylic acids is 1. The Morgan fingerprint density at radius 3 is 2.50 bits per heavy atom. The summed E-state index contributed by atoms with van der Waals surface area (Å²) in [6.45, 7) is 5.20. The molecule has 1 N–H and O–H groups in total.